The van der Waals surface area contributed by atoms with Crippen molar-refractivity contribution >= 4 is 15.7 Å². The van der Waals surface area contributed by atoms with Crippen molar-refractivity contribution in [1.82, 2.24) is 0 Å². The van der Waals surface area contributed by atoms with E-state index in [0.29, 0.717) is 5.69 Å². The molecule has 0 N–H and O–H groups in total. The molecule has 0 spiro atoms. The Hall–Kier alpha value is -2.66. The Kier molecular flexibility index (Phi) is 5.09. The fourth-order valence-electron chi connectivity index (χ4n) is 3.05. The van der Waals surface area contributed by atoms with Gasteiger partial charge in [0.05, 0.1) is 16.6 Å². The monoisotopic (exact) mass is 369 g/mol. The molecule has 26 heavy (non-hydrogen) atoms. The highest BCUT2D eigenvalue weighted by atomic mass is 32.2. The van der Waals surface area contributed by atoms with E-state index in [1.165, 1.54) is 16.4 Å². The Morgan fingerprint density at radius 1 is 0.846 bits per heavy atom. The number of benzene rings is 3. The van der Waals surface area contributed by atoms with Crippen LogP contribution in [0.25, 0.3) is 0 Å². The largest absolute Gasteiger partial charge is 0.264 e. The van der Waals surface area contributed by atoms with Gasteiger partial charge >= 0.3 is 0 Å². The minimum Gasteiger partial charge on any atom is -0.259 e. The van der Waals surface area contributed by atoms with Crippen LogP contribution >= 0.6 is 0 Å². The molecule has 0 aliphatic carbocycles. The second-order valence-corrected chi connectivity index (χ2v) is 7.94. The lowest BCUT2D eigenvalue weighted by Crippen LogP contribution is -2.34. The van der Waals surface area contributed by atoms with Crippen molar-refractivity contribution < 1.29 is 12.8 Å². The molecule has 134 valence electrons. The fraction of sp³-hybridized carbons (Fsp3) is 0.143. The minimum absolute atomic E-state index is 0.0585. The number of para-hydroxylation sites is 1. The number of aryl methyl sites for hydroxylation is 1. The van der Waals surface area contributed by atoms with Crippen LogP contribution in [0.4, 0.5) is 10.1 Å². The summed E-state index contributed by atoms with van der Waals surface area (Å²) in [6.45, 7) is 3.82. The van der Waals surface area contributed by atoms with Gasteiger partial charge in [0, 0.05) is 0 Å². The maximum Gasteiger partial charge on any atom is 0.264 e. The SMILES string of the molecule is Cc1ccccc1[C@H](C)N(c1ccccc1)S(=O)(=O)c1ccc(F)cc1. The minimum atomic E-state index is -3.87. The maximum atomic E-state index is 13.4. The van der Waals surface area contributed by atoms with Gasteiger partial charge in [-0.1, -0.05) is 42.5 Å². The Labute approximate surface area is 153 Å². The van der Waals surface area contributed by atoms with Crippen molar-refractivity contribution in [3.63, 3.8) is 0 Å². The van der Waals surface area contributed by atoms with Crippen molar-refractivity contribution in [3.8, 4) is 0 Å². The third-order valence-corrected chi connectivity index (χ3v) is 6.28. The molecule has 0 unspecified atom stereocenters. The Morgan fingerprint density at radius 3 is 2.04 bits per heavy atom. The van der Waals surface area contributed by atoms with Gasteiger partial charge < -0.3 is 0 Å². The highest BCUT2D eigenvalue weighted by molar-refractivity contribution is 7.92. The summed E-state index contributed by atoms with van der Waals surface area (Å²) in [5.41, 5.74) is 2.49. The van der Waals surface area contributed by atoms with E-state index in [-0.39, 0.29) is 4.90 Å². The second-order valence-electron chi connectivity index (χ2n) is 6.12. The molecule has 0 heterocycles. The molecular formula is C21H20FNO2S. The van der Waals surface area contributed by atoms with Gasteiger partial charge in [0.2, 0.25) is 0 Å². The fourth-order valence-corrected chi connectivity index (χ4v) is 4.68. The van der Waals surface area contributed by atoms with Crippen LogP contribution in [-0.4, -0.2) is 8.42 Å². The van der Waals surface area contributed by atoms with E-state index in [0.717, 1.165) is 23.3 Å². The van der Waals surface area contributed by atoms with Crippen molar-refractivity contribution in [2.24, 2.45) is 0 Å². The summed E-state index contributed by atoms with van der Waals surface area (Å²) >= 11 is 0. The van der Waals surface area contributed by atoms with Gasteiger partial charge in [-0.25, -0.2) is 12.8 Å². The summed E-state index contributed by atoms with van der Waals surface area (Å²) in [5.74, 6) is -0.470. The van der Waals surface area contributed by atoms with Crippen molar-refractivity contribution in [2.45, 2.75) is 24.8 Å². The van der Waals surface area contributed by atoms with E-state index < -0.39 is 21.9 Å². The van der Waals surface area contributed by atoms with Gasteiger partial charge in [0.1, 0.15) is 5.82 Å². The number of sulfonamides is 1. The molecule has 3 rings (SSSR count). The summed E-state index contributed by atoms with van der Waals surface area (Å²) in [5, 5.41) is 0. The molecule has 3 nitrogen and oxygen atoms in total. The number of hydrogen-bond donors (Lipinski definition) is 0. The average Bonchev–Trinajstić information content (AvgIpc) is 2.63. The number of hydrogen-bond acceptors (Lipinski definition) is 2. The molecule has 0 fully saturated rings. The van der Waals surface area contributed by atoms with Gasteiger partial charge in [-0.15, -0.1) is 0 Å². The molecule has 0 amide bonds. The Morgan fingerprint density at radius 2 is 1.42 bits per heavy atom. The molecule has 3 aromatic rings. The van der Waals surface area contributed by atoms with Gasteiger partial charge in [-0.3, -0.25) is 4.31 Å². The van der Waals surface area contributed by atoms with E-state index in [1.54, 1.807) is 24.3 Å². The highest BCUT2D eigenvalue weighted by Crippen LogP contribution is 2.34. The third kappa shape index (κ3) is 3.48. The normalized spacial score (nSPS) is 12.6. The highest BCUT2D eigenvalue weighted by Gasteiger charge is 2.30. The molecule has 0 saturated carbocycles. The summed E-state index contributed by atoms with van der Waals surface area (Å²) < 4.78 is 41.4. The van der Waals surface area contributed by atoms with Crippen LogP contribution in [0, 0.1) is 12.7 Å². The summed E-state index contributed by atoms with van der Waals surface area (Å²) in [7, 11) is -3.87. The number of rotatable bonds is 5. The number of anilines is 1. The van der Waals surface area contributed by atoms with E-state index in [9.17, 15) is 12.8 Å². The third-order valence-electron chi connectivity index (χ3n) is 4.37. The van der Waals surface area contributed by atoms with E-state index in [2.05, 4.69) is 0 Å². The van der Waals surface area contributed by atoms with Gasteiger partial charge in [0.25, 0.3) is 10.0 Å². The van der Waals surface area contributed by atoms with E-state index in [4.69, 9.17) is 0 Å². The molecule has 0 saturated heterocycles. The quantitative estimate of drug-likeness (QED) is 0.628. The lowest BCUT2D eigenvalue weighted by atomic mass is 10.0. The zero-order valence-electron chi connectivity index (χ0n) is 14.6. The Bertz CT molecular complexity index is 986. The van der Waals surface area contributed by atoms with Gasteiger partial charge in [0.15, 0.2) is 0 Å². The van der Waals surface area contributed by atoms with Crippen LogP contribution in [-0.2, 0) is 10.0 Å². The molecular weight excluding hydrogens is 349 g/mol. The molecule has 0 radical (unpaired) electrons. The van der Waals surface area contributed by atoms with E-state index in [1.807, 2.05) is 44.2 Å². The van der Waals surface area contributed by atoms with Crippen LogP contribution < -0.4 is 4.31 Å². The lowest BCUT2D eigenvalue weighted by Gasteiger charge is -2.31. The molecule has 5 heteroatoms. The summed E-state index contributed by atoms with van der Waals surface area (Å²) in [6, 6.07) is 21.2. The molecule has 3 aromatic carbocycles. The first-order valence-electron chi connectivity index (χ1n) is 8.32. The zero-order chi connectivity index (χ0) is 18.7. The predicted octanol–water partition coefficient (Wildman–Crippen LogP) is 5.09. The predicted molar refractivity (Wildman–Crippen MR) is 102 cm³/mol. The summed E-state index contributed by atoms with van der Waals surface area (Å²) in [6.07, 6.45) is 0. The number of halogens is 1. The molecule has 0 bridgehead atoms. The average molecular weight is 369 g/mol. The van der Waals surface area contributed by atoms with Crippen LogP contribution in [0.5, 0.6) is 0 Å². The molecule has 0 aliphatic rings. The van der Waals surface area contributed by atoms with Crippen molar-refractivity contribution in [2.75, 3.05) is 4.31 Å². The first-order valence-corrected chi connectivity index (χ1v) is 9.76. The van der Waals surface area contributed by atoms with Gasteiger partial charge in [-0.2, -0.15) is 0 Å². The zero-order valence-corrected chi connectivity index (χ0v) is 15.4. The second kappa shape index (κ2) is 7.30. The van der Waals surface area contributed by atoms with Gasteiger partial charge in [-0.05, 0) is 61.4 Å². The lowest BCUT2D eigenvalue weighted by molar-refractivity contribution is 0.581. The summed E-state index contributed by atoms with van der Waals surface area (Å²) in [4.78, 5) is 0.0585. The number of nitrogens with zero attached hydrogens (tertiary/aromatic N) is 1. The van der Waals surface area contributed by atoms with Crippen molar-refractivity contribution in [1.29, 1.82) is 0 Å². The molecule has 1 atom stereocenters. The Balaban J connectivity index is 2.16. The van der Waals surface area contributed by atoms with Crippen LogP contribution in [0.15, 0.2) is 83.8 Å². The molecule has 0 aliphatic heterocycles. The van der Waals surface area contributed by atoms with Crippen LogP contribution in [0.2, 0.25) is 0 Å². The topological polar surface area (TPSA) is 37.4 Å². The van der Waals surface area contributed by atoms with E-state index >= 15 is 0 Å². The first kappa shape index (κ1) is 18.1. The molecule has 0 aromatic heterocycles. The maximum absolute atomic E-state index is 13.4. The smallest absolute Gasteiger partial charge is 0.259 e. The first-order chi connectivity index (χ1) is 12.4. The van der Waals surface area contributed by atoms with Crippen LogP contribution in [0.3, 0.4) is 0 Å². The standard InChI is InChI=1S/C21H20FNO2S/c1-16-8-6-7-11-21(16)17(2)23(19-9-4-3-5-10-19)26(24,25)20-14-12-18(22)13-15-20/h3-15,17H,1-2H3/t17-/m0/s1. The van der Waals surface area contributed by atoms with Crippen LogP contribution in [0.1, 0.15) is 24.1 Å². The van der Waals surface area contributed by atoms with Crippen molar-refractivity contribution in [3.05, 3.63) is 95.8 Å².